The van der Waals surface area contributed by atoms with Gasteiger partial charge in [0.1, 0.15) is 0 Å². The van der Waals surface area contributed by atoms with Crippen molar-refractivity contribution in [1.82, 2.24) is 14.2 Å². The summed E-state index contributed by atoms with van der Waals surface area (Å²) in [5, 5.41) is 4.22. The van der Waals surface area contributed by atoms with Crippen molar-refractivity contribution in [1.29, 1.82) is 0 Å². The first-order chi connectivity index (χ1) is 17.1. The van der Waals surface area contributed by atoms with Crippen LogP contribution >= 0.6 is 11.3 Å². The summed E-state index contributed by atoms with van der Waals surface area (Å²) in [4.78, 5) is 9.72. The van der Waals surface area contributed by atoms with Crippen molar-refractivity contribution in [3.05, 3.63) is 66.2 Å². The zero-order chi connectivity index (χ0) is 23.8. The second-order valence-corrected chi connectivity index (χ2v) is 12.3. The van der Waals surface area contributed by atoms with Gasteiger partial charge in [0.2, 0.25) is 10.0 Å². The molecule has 0 spiro atoms. The molecule has 0 aliphatic carbocycles. The summed E-state index contributed by atoms with van der Waals surface area (Å²) >= 11 is 1.79. The number of hydrogen-bond acceptors (Lipinski definition) is 6. The van der Waals surface area contributed by atoms with Crippen LogP contribution in [-0.4, -0.2) is 67.9 Å². The van der Waals surface area contributed by atoms with Gasteiger partial charge in [-0.3, -0.25) is 9.88 Å². The van der Waals surface area contributed by atoms with Gasteiger partial charge in [-0.15, -0.1) is 11.3 Å². The Kier molecular flexibility index (Phi) is 6.22. The van der Waals surface area contributed by atoms with Crippen molar-refractivity contribution in [3.8, 4) is 0 Å². The number of benzene rings is 2. The lowest BCUT2D eigenvalue weighted by molar-refractivity contribution is 0.232. The molecule has 182 valence electrons. The molecular weight excluding hydrogens is 476 g/mol. The number of hydrogen-bond donors (Lipinski definition) is 0. The van der Waals surface area contributed by atoms with Crippen molar-refractivity contribution in [2.45, 2.75) is 30.2 Å². The van der Waals surface area contributed by atoms with Gasteiger partial charge in [-0.05, 0) is 61.5 Å². The first-order valence-electron chi connectivity index (χ1n) is 12.4. The maximum atomic E-state index is 13.7. The Morgan fingerprint density at radius 1 is 0.914 bits per heavy atom. The van der Waals surface area contributed by atoms with Crippen molar-refractivity contribution < 1.29 is 8.42 Å². The van der Waals surface area contributed by atoms with Gasteiger partial charge in [0.15, 0.2) is 0 Å². The summed E-state index contributed by atoms with van der Waals surface area (Å²) in [6.45, 7) is 5.56. The molecule has 0 radical (unpaired) electrons. The number of fused-ring (bicyclic) bond motifs is 2. The van der Waals surface area contributed by atoms with E-state index >= 15 is 0 Å². The van der Waals surface area contributed by atoms with Crippen LogP contribution in [0.5, 0.6) is 0 Å². The molecule has 1 atom stereocenters. The molecule has 2 aromatic heterocycles. The molecule has 8 heteroatoms. The molecule has 0 amide bonds. The van der Waals surface area contributed by atoms with E-state index in [1.165, 1.54) is 15.8 Å². The van der Waals surface area contributed by atoms with E-state index in [-0.39, 0.29) is 6.04 Å². The number of para-hydroxylation sites is 1. The maximum absolute atomic E-state index is 13.7. The van der Waals surface area contributed by atoms with E-state index in [2.05, 4.69) is 44.4 Å². The minimum Gasteiger partial charge on any atom is -0.368 e. The van der Waals surface area contributed by atoms with Crippen molar-refractivity contribution in [2.24, 2.45) is 0 Å². The molecule has 0 saturated carbocycles. The van der Waals surface area contributed by atoms with Crippen molar-refractivity contribution in [2.75, 3.05) is 44.2 Å². The number of pyridine rings is 1. The molecule has 6 nitrogen and oxygen atoms in total. The van der Waals surface area contributed by atoms with Crippen LogP contribution in [0.4, 0.5) is 5.69 Å². The average molecular weight is 507 g/mol. The van der Waals surface area contributed by atoms with Crippen molar-refractivity contribution in [3.63, 3.8) is 0 Å². The molecule has 2 saturated heterocycles. The molecule has 35 heavy (non-hydrogen) atoms. The fraction of sp³-hybridized carbons (Fsp3) is 0.370. The Morgan fingerprint density at radius 2 is 1.77 bits per heavy atom. The quantitative estimate of drug-likeness (QED) is 0.376. The number of rotatable bonds is 6. The van der Waals surface area contributed by atoms with Crippen molar-refractivity contribution >= 4 is 48.0 Å². The van der Waals surface area contributed by atoms with Gasteiger partial charge in [0, 0.05) is 66.1 Å². The molecular formula is C27H30N4O2S2. The summed E-state index contributed by atoms with van der Waals surface area (Å²) < 4.78 is 30.4. The Bertz CT molecular complexity index is 1440. The van der Waals surface area contributed by atoms with Gasteiger partial charge in [-0.2, -0.15) is 4.31 Å². The SMILES string of the molecule is O=S(=O)(c1ccnc2ccccc12)N1CCCC1CCN1CCN(c2cccc3sccc23)CC1. The van der Waals surface area contributed by atoms with Gasteiger partial charge in [0.25, 0.3) is 0 Å². The molecule has 2 aliphatic rings. The van der Waals surface area contributed by atoms with E-state index in [0.717, 1.165) is 57.5 Å². The summed E-state index contributed by atoms with van der Waals surface area (Å²) in [6.07, 6.45) is 4.34. The van der Waals surface area contributed by atoms with Gasteiger partial charge >= 0.3 is 0 Å². The highest BCUT2D eigenvalue weighted by molar-refractivity contribution is 7.89. The summed E-state index contributed by atoms with van der Waals surface area (Å²) in [5.74, 6) is 0. The van der Waals surface area contributed by atoms with Crippen LogP contribution < -0.4 is 4.90 Å². The van der Waals surface area contributed by atoms with Crippen LogP contribution in [-0.2, 0) is 10.0 Å². The van der Waals surface area contributed by atoms with E-state index in [0.29, 0.717) is 16.8 Å². The molecule has 1 unspecified atom stereocenters. The zero-order valence-electron chi connectivity index (χ0n) is 19.7. The van der Waals surface area contributed by atoms with E-state index in [4.69, 9.17) is 0 Å². The third kappa shape index (κ3) is 4.33. The standard InChI is InChI=1S/C27H30N4O2S2/c32-35(33,27-10-13-28-24-7-2-1-6-22(24)27)31-14-4-5-21(31)11-15-29-16-18-30(19-17-29)25-8-3-9-26-23(25)12-20-34-26/h1-3,6-10,12-13,20-21H,4-5,11,14-19H2. The molecule has 4 aromatic rings. The molecule has 2 aliphatic heterocycles. The minimum atomic E-state index is -3.56. The molecule has 4 heterocycles. The second kappa shape index (κ2) is 9.50. The molecule has 2 fully saturated rings. The minimum absolute atomic E-state index is 0.0597. The monoisotopic (exact) mass is 506 g/mol. The molecule has 6 rings (SSSR count). The molecule has 0 bridgehead atoms. The van der Waals surface area contributed by atoms with Gasteiger partial charge in [-0.1, -0.05) is 24.3 Å². The third-order valence-electron chi connectivity index (χ3n) is 7.48. The highest BCUT2D eigenvalue weighted by atomic mass is 32.2. The largest absolute Gasteiger partial charge is 0.368 e. The van der Waals surface area contributed by atoms with Crippen LogP contribution in [0.25, 0.3) is 21.0 Å². The fourth-order valence-corrected chi connectivity index (χ4v) is 8.35. The number of piperazine rings is 1. The number of anilines is 1. The van der Waals surface area contributed by atoms with E-state index < -0.39 is 10.0 Å². The number of thiophene rings is 1. The maximum Gasteiger partial charge on any atom is 0.244 e. The van der Waals surface area contributed by atoms with Crippen LogP contribution in [0.3, 0.4) is 0 Å². The van der Waals surface area contributed by atoms with Crippen LogP contribution in [0.1, 0.15) is 19.3 Å². The summed E-state index contributed by atoms with van der Waals surface area (Å²) in [5.41, 5.74) is 2.06. The first-order valence-corrected chi connectivity index (χ1v) is 14.7. The Balaban J connectivity index is 1.11. The van der Waals surface area contributed by atoms with E-state index in [9.17, 15) is 8.42 Å². The van der Waals surface area contributed by atoms with Gasteiger partial charge in [0.05, 0.1) is 10.4 Å². The molecule has 2 aromatic carbocycles. The van der Waals surface area contributed by atoms with E-state index in [1.54, 1.807) is 27.9 Å². The van der Waals surface area contributed by atoms with Gasteiger partial charge < -0.3 is 4.90 Å². The highest BCUT2D eigenvalue weighted by Crippen LogP contribution is 2.33. The first kappa shape index (κ1) is 22.9. The third-order valence-corrected chi connectivity index (χ3v) is 10.4. The fourth-order valence-electron chi connectivity index (χ4n) is 5.63. The Morgan fingerprint density at radius 3 is 2.66 bits per heavy atom. The lowest BCUT2D eigenvalue weighted by Gasteiger charge is -2.37. The molecule has 0 N–H and O–H groups in total. The Hall–Kier alpha value is -2.52. The summed E-state index contributed by atoms with van der Waals surface area (Å²) in [7, 11) is -3.56. The zero-order valence-corrected chi connectivity index (χ0v) is 21.3. The normalized spacial score (nSPS) is 20.2. The predicted molar refractivity (Wildman–Crippen MR) is 144 cm³/mol. The smallest absolute Gasteiger partial charge is 0.244 e. The lowest BCUT2D eigenvalue weighted by atomic mass is 10.1. The number of nitrogens with zero attached hydrogens (tertiary/aromatic N) is 4. The lowest BCUT2D eigenvalue weighted by Crippen LogP contribution is -2.47. The Labute approximate surface area is 210 Å². The van der Waals surface area contributed by atoms with E-state index in [1.807, 2.05) is 24.3 Å². The van der Waals surface area contributed by atoms with Crippen LogP contribution in [0.2, 0.25) is 0 Å². The number of aromatic nitrogens is 1. The predicted octanol–water partition coefficient (Wildman–Crippen LogP) is 4.81. The van der Waals surface area contributed by atoms with Crippen LogP contribution in [0, 0.1) is 0 Å². The highest BCUT2D eigenvalue weighted by Gasteiger charge is 2.36. The number of sulfonamides is 1. The summed E-state index contributed by atoms with van der Waals surface area (Å²) in [6, 6.07) is 18.0. The topological polar surface area (TPSA) is 56.8 Å². The van der Waals surface area contributed by atoms with Gasteiger partial charge in [-0.25, -0.2) is 8.42 Å². The average Bonchev–Trinajstić information content (AvgIpc) is 3.57. The second-order valence-electron chi connectivity index (χ2n) is 9.46. The van der Waals surface area contributed by atoms with Crippen LogP contribution in [0.15, 0.2) is 71.1 Å².